The Morgan fingerprint density at radius 3 is 2.00 bits per heavy atom. The van der Waals surface area contributed by atoms with Gasteiger partial charge in [-0.3, -0.25) is 0 Å². The Morgan fingerprint density at radius 2 is 1.54 bits per heavy atom. The highest BCUT2D eigenvalue weighted by Gasteiger charge is 2.41. The highest BCUT2D eigenvalue weighted by atomic mass is 79.9. The van der Waals surface area contributed by atoms with Crippen molar-refractivity contribution in [2.24, 2.45) is 5.11 Å². The molecule has 0 radical (unpaired) electrons. The van der Waals surface area contributed by atoms with Crippen LogP contribution in [0.4, 0.5) is 0 Å². The van der Waals surface area contributed by atoms with Crippen molar-refractivity contribution in [1.29, 1.82) is 0 Å². The van der Waals surface area contributed by atoms with E-state index in [0.717, 1.165) is 21.3 Å². The van der Waals surface area contributed by atoms with Gasteiger partial charge in [0.2, 0.25) is 0 Å². The Labute approximate surface area is 177 Å². The minimum atomic E-state index is -2.13. The van der Waals surface area contributed by atoms with Gasteiger partial charge in [-0.1, -0.05) is 66.1 Å². The van der Waals surface area contributed by atoms with E-state index in [-0.39, 0.29) is 11.1 Å². The monoisotopic (exact) mass is 461 g/mol. The number of halogens is 1. The minimum Gasteiger partial charge on any atom is -0.497 e. The maximum atomic E-state index is 9.28. The van der Waals surface area contributed by atoms with Crippen molar-refractivity contribution in [3.63, 3.8) is 0 Å². The smallest absolute Gasteiger partial charge is 0.192 e. The summed E-state index contributed by atoms with van der Waals surface area (Å²) in [5.74, 6) is 0.758. The van der Waals surface area contributed by atoms with E-state index < -0.39 is 14.4 Å². The third-order valence-corrected chi connectivity index (χ3v) is 10.3. The molecular weight excluding hydrogens is 434 g/mol. The van der Waals surface area contributed by atoms with Crippen LogP contribution in [0.2, 0.25) is 18.1 Å². The van der Waals surface area contributed by atoms with Crippen LogP contribution in [0.1, 0.15) is 44.0 Å². The molecule has 0 amide bonds. The van der Waals surface area contributed by atoms with Crippen LogP contribution in [-0.2, 0) is 4.43 Å². The summed E-state index contributed by atoms with van der Waals surface area (Å²) in [7, 11) is -0.496. The van der Waals surface area contributed by atoms with Crippen molar-refractivity contribution < 1.29 is 9.16 Å². The molecule has 0 aliphatic heterocycles. The molecule has 0 fully saturated rings. The summed E-state index contributed by atoms with van der Waals surface area (Å²) in [4.78, 5) is 3.13. The van der Waals surface area contributed by atoms with Crippen LogP contribution in [0, 0.1) is 0 Å². The van der Waals surface area contributed by atoms with Gasteiger partial charge in [0.05, 0.1) is 19.3 Å². The standard InChI is InChI=1S/C21H28BrN3O2Si/c1-21(2,3)28(5,6)27-20(16-7-11-17(22)12-8-16)19(24-25-23)15-9-13-18(26-4)14-10-15/h7-14,19-20H,1-6H3/t19-,20+/m0/s1. The lowest BCUT2D eigenvalue weighted by molar-refractivity contribution is 0.154. The van der Waals surface area contributed by atoms with Gasteiger partial charge < -0.3 is 9.16 Å². The molecule has 0 heterocycles. The first-order valence-corrected chi connectivity index (χ1v) is 12.9. The molecule has 0 bridgehead atoms. The first kappa shape index (κ1) is 22.5. The molecule has 5 nitrogen and oxygen atoms in total. The lowest BCUT2D eigenvalue weighted by Gasteiger charge is -2.41. The predicted molar refractivity (Wildman–Crippen MR) is 120 cm³/mol. The molecule has 0 aliphatic carbocycles. The number of azide groups is 1. The Kier molecular flexibility index (Phi) is 7.34. The fourth-order valence-electron chi connectivity index (χ4n) is 2.62. The Bertz CT molecular complexity index is 826. The molecule has 0 unspecified atom stereocenters. The normalized spacial score (nSPS) is 14.1. The van der Waals surface area contributed by atoms with Gasteiger partial charge in [-0.25, -0.2) is 0 Å². The van der Waals surface area contributed by atoms with Crippen LogP contribution in [0.25, 0.3) is 10.4 Å². The third kappa shape index (κ3) is 5.38. The zero-order valence-corrected chi connectivity index (χ0v) is 19.9. The lowest BCUT2D eigenvalue weighted by atomic mass is 9.96. The van der Waals surface area contributed by atoms with Gasteiger partial charge in [0, 0.05) is 9.38 Å². The number of rotatable bonds is 7. The second kappa shape index (κ2) is 9.14. The lowest BCUT2D eigenvalue weighted by Crippen LogP contribution is -2.42. The van der Waals surface area contributed by atoms with Crippen LogP contribution in [-0.4, -0.2) is 15.4 Å². The second-order valence-corrected chi connectivity index (χ2v) is 13.9. The molecule has 2 rings (SSSR count). The maximum Gasteiger partial charge on any atom is 0.192 e. The zero-order chi connectivity index (χ0) is 20.9. The van der Waals surface area contributed by atoms with Gasteiger partial charge in [-0.15, -0.1) is 0 Å². The SMILES string of the molecule is COc1ccc([C@H](N=[N+]=[N-])[C@H](O[Si](C)(C)C(C)(C)C)c2ccc(Br)cc2)cc1. The number of hydrogen-bond donors (Lipinski definition) is 0. The van der Waals surface area contributed by atoms with E-state index in [0.29, 0.717) is 0 Å². The fourth-order valence-corrected chi connectivity index (χ4v) is 4.14. The molecule has 0 N–H and O–H groups in total. The van der Waals surface area contributed by atoms with Crippen molar-refractivity contribution in [2.75, 3.05) is 7.11 Å². The predicted octanol–water partition coefficient (Wildman–Crippen LogP) is 7.57. The molecule has 150 valence electrons. The average molecular weight is 462 g/mol. The summed E-state index contributed by atoms with van der Waals surface area (Å²) >= 11 is 3.49. The molecule has 28 heavy (non-hydrogen) atoms. The molecule has 0 saturated carbocycles. The van der Waals surface area contributed by atoms with E-state index in [1.807, 2.05) is 48.5 Å². The molecule has 0 saturated heterocycles. The number of nitrogens with zero attached hydrogens (tertiary/aromatic N) is 3. The zero-order valence-electron chi connectivity index (χ0n) is 17.3. The van der Waals surface area contributed by atoms with Crippen LogP contribution in [0.5, 0.6) is 5.75 Å². The number of ether oxygens (including phenoxy) is 1. The Hall–Kier alpha value is -1.79. The Balaban J connectivity index is 2.55. The fraction of sp³-hybridized carbons (Fsp3) is 0.429. The van der Waals surface area contributed by atoms with Crippen molar-refractivity contribution in [3.8, 4) is 5.75 Å². The van der Waals surface area contributed by atoms with Crippen molar-refractivity contribution in [2.45, 2.75) is 51.0 Å². The molecule has 2 aromatic rings. The van der Waals surface area contributed by atoms with Crippen molar-refractivity contribution in [1.82, 2.24) is 0 Å². The van der Waals surface area contributed by atoms with Crippen LogP contribution < -0.4 is 4.74 Å². The molecular formula is C21H28BrN3O2Si. The van der Waals surface area contributed by atoms with E-state index in [4.69, 9.17) is 9.16 Å². The highest BCUT2D eigenvalue weighted by Crippen LogP contribution is 2.44. The van der Waals surface area contributed by atoms with E-state index in [2.05, 4.69) is 59.8 Å². The largest absolute Gasteiger partial charge is 0.497 e. The van der Waals surface area contributed by atoms with Crippen molar-refractivity contribution in [3.05, 3.63) is 74.6 Å². The maximum absolute atomic E-state index is 9.28. The molecule has 0 aliphatic rings. The molecule has 0 spiro atoms. The van der Waals surface area contributed by atoms with Gasteiger partial charge in [0.1, 0.15) is 5.75 Å². The van der Waals surface area contributed by atoms with E-state index in [1.165, 1.54) is 0 Å². The second-order valence-electron chi connectivity index (χ2n) is 8.27. The number of benzene rings is 2. The molecule has 2 aromatic carbocycles. The van der Waals surface area contributed by atoms with E-state index >= 15 is 0 Å². The first-order chi connectivity index (χ1) is 13.1. The Morgan fingerprint density at radius 1 is 1.00 bits per heavy atom. The molecule has 7 heteroatoms. The summed E-state index contributed by atoms with van der Waals surface area (Å²) in [5.41, 5.74) is 11.2. The van der Waals surface area contributed by atoms with E-state index in [1.54, 1.807) is 7.11 Å². The number of hydrogen-bond acceptors (Lipinski definition) is 3. The van der Waals surface area contributed by atoms with E-state index in [9.17, 15) is 5.53 Å². The first-order valence-electron chi connectivity index (χ1n) is 9.20. The van der Waals surface area contributed by atoms with Gasteiger partial charge in [-0.05, 0) is 59.1 Å². The summed E-state index contributed by atoms with van der Waals surface area (Å²) in [5, 5.41) is 4.17. The van der Waals surface area contributed by atoms with Gasteiger partial charge in [0.15, 0.2) is 8.32 Å². The van der Waals surface area contributed by atoms with Crippen LogP contribution in [0.15, 0.2) is 58.1 Å². The molecule has 0 aromatic heterocycles. The summed E-state index contributed by atoms with van der Waals surface area (Å²) in [6.07, 6.45) is -0.377. The summed E-state index contributed by atoms with van der Waals surface area (Å²) < 4.78 is 13.0. The number of methoxy groups -OCH3 is 1. The van der Waals surface area contributed by atoms with Crippen molar-refractivity contribution >= 4 is 24.2 Å². The molecule has 2 atom stereocenters. The quantitative estimate of drug-likeness (QED) is 0.184. The third-order valence-electron chi connectivity index (χ3n) is 5.35. The highest BCUT2D eigenvalue weighted by molar-refractivity contribution is 9.10. The topological polar surface area (TPSA) is 67.2 Å². The van der Waals surface area contributed by atoms with Crippen LogP contribution in [0.3, 0.4) is 0 Å². The average Bonchev–Trinajstić information content (AvgIpc) is 2.64. The van der Waals surface area contributed by atoms with Gasteiger partial charge in [0.25, 0.3) is 0 Å². The van der Waals surface area contributed by atoms with Gasteiger partial charge in [-0.2, -0.15) is 0 Å². The minimum absolute atomic E-state index is 0.0292. The summed E-state index contributed by atoms with van der Waals surface area (Å²) in [6.45, 7) is 11.0. The van der Waals surface area contributed by atoms with Crippen LogP contribution >= 0.6 is 15.9 Å². The summed E-state index contributed by atoms with van der Waals surface area (Å²) in [6, 6.07) is 15.1. The van der Waals surface area contributed by atoms with Gasteiger partial charge >= 0.3 is 0 Å².